The number of nitrogens with zero attached hydrogens (tertiary/aromatic N) is 3. The Kier molecular flexibility index (Phi) is 8.87. The molecule has 0 spiro atoms. The molecule has 1 heterocycles. The molecule has 3 rings (SSSR count). The average molecular weight is 507 g/mol. The summed E-state index contributed by atoms with van der Waals surface area (Å²) in [6, 6.07) is 3.89. The number of benzene rings is 1. The van der Waals surface area contributed by atoms with Crippen molar-refractivity contribution >= 4 is 35.8 Å². The topological polar surface area (TPSA) is 60.0 Å². The van der Waals surface area contributed by atoms with Gasteiger partial charge in [0, 0.05) is 45.8 Å². The summed E-state index contributed by atoms with van der Waals surface area (Å²) in [5, 5.41) is 6.22. The fourth-order valence-corrected chi connectivity index (χ4v) is 3.20. The second-order valence-electron chi connectivity index (χ2n) is 7.06. The van der Waals surface area contributed by atoms with Crippen molar-refractivity contribution in [3.8, 4) is 0 Å². The van der Waals surface area contributed by atoms with E-state index in [1.54, 1.807) is 7.05 Å². The maximum Gasteiger partial charge on any atom is 0.234 e. The maximum atomic E-state index is 13.7. The van der Waals surface area contributed by atoms with Gasteiger partial charge in [0.25, 0.3) is 0 Å². The van der Waals surface area contributed by atoms with E-state index in [1.807, 2.05) is 0 Å². The van der Waals surface area contributed by atoms with Crippen molar-refractivity contribution in [3.63, 3.8) is 0 Å². The quantitative estimate of drug-likeness (QED) is 0.349. The first-order chi connectivity index (χ1) is 13.0. The number of amides is 1. The number of guanidine groups is 1. The molecular formula is C19H28F2IN5O. The zero-order valence-corrected chi connectivity index (χ0v) is 18.4. The number of halogens is 3. The van der Waals surface area contributed by atoms with Crippen LogP contribution in [0.4, 0.5) is 8.78 Å². The van der Waals surface area contributed by atoms with E-state index in [4.69, 9.17) is 0 Å². The minimum absolute atomic E-state index is 0. The molecule has 28 heavy (non-hydrogen) atoms. The van der Waals surface area contributed by atoms with Gasteiger partial charge in [-0.1, -0.05) is 0 Å². The van der Waals surface area contributed by atoms with Gasteiger partial charge in [-0.25, -0.2) is 8.78 Å². The van der Waals surface area contributed by atoms with Crippen molar-refractivity contribution in [1.82, 2.24) is 20.4 Å². The number of hydrogen-bond donors (Lipinski definition) is 2. The summed E-state index contributed by atoms with van der Waals surface area (Å²) in [7, 11) is 1.71. The van der Waals surface area contributed by atoms with Crippen LogP contribution in [-0.2, 0) is 11.2 Å². The lowest BCUT2D eigenvalue weighted by Gasteiger charge is -2.36. The van der Waals surface area contributed by atoms with Crippen LogP contribution in [-0.4, -0.2) is 74.0 Å². The van der Waals surface area contributed by atoms with Crippen molar-refractivity contribution in [3.05, 3.63) is 35.4 Å². The van der Waals surface area contributed by atoms with Crippen LogP contribution in [0, 0.1) is 11.6 Å². The molecule has 1 aromatic rings. The van der Waals surface area contributed by atoms with Crippen molar-refractivity contribution in [2.75, 3.05) is 46.3 Å². The molecule has 1 aliphatic carbocycles. The largest absolute Gasteiger partial charge is 0.356 e. The van der Waals surface area contributed by atoms with Crippen molar-refractivity contribution in [2.24, 2.45) is 4.99 Å². The molecule has 0 aromatic heterocycles. The van der Waals surface area contributed by atoms with Crippen LogP contribution in [0.1, 0.15) is 18.4 Å². The van der Waals surface area contributed by atoms with Gasteiger partial charge < -0.3 is 15.5 Å². The molecule has 1 saturated heterocycles. The number of aliphatic imine (C=N–C) groups is 1. The summed E-state index contributed by atoms with van der Waals surface area (Å²) in [5.74, 6) is 0.0170. The van der Waals surface area contributed by atoms with Crippen LogP contribution < -0.4 is 10.6 Å². The molecule has 2 fully saturated rings. The van der Waals surface area contributed by atoms with Crippen molar-refractivity contribution < 1.29 is 13.6 Å². The monoisotopic (exact) mass is 507 g/mol. The number of carbonyl (C=O) groups excluding carboxylic acids is 1. The normalized spacial score (nSPS) is 17.8. The molecule has 0 bridgehead atoms. The van der Waals surface area contributed by atoms with Crippen LogP contribution >= 0.6 is 24.0 Å². The van der Waals surface area contributed by atoms with Gasteiger partial charge in [-0.2, -0.15) is 0 Å². The number of rotatable bonds is 6. The first-order valence-corrected chi connectivity index (χ1v) is 9.46. The van der Waals surface area contributed by atoms with Gasteiger partial charge in [0.1, 0.15) is 11.6 Å². The Labute approximate surface area is 181 Å². The molecule has 1 saturated carbocycles. The Morgan fingerprint density at radius 3 is 2.57 bits per heavy atom. The van der Waals surface area contributed by atoms with Gasteiger partial charge in [0.05, 0.1) is 6.54 Å². The highest BCUT2D eigenvalue weighted by Crippen LogP contribution is 2.18. The van der Waals surface area contributed by atoms with E-state index in [2.05, 4.69) is 25.4 Å². The summed E-state index contributed by atoms with van der Waals surface area (Å²) >= 11 is 0. The van der Waals surface area contributed by atoms with Gasteiger partial charge in [-0.05, 0) is 43.0 Å². The van der Waals surface area contributed by atoms with Gasteiger partial charge in [-0.3, -0.25) is 14.7 Å². The van der Waals surface area contributed by atoms with Crippen LogP contribution in [0.3, 0.4) is 0 Å². The standard InChI is InChI=1S/C19H27F2N5O.HI/c1-22-19(23-7-6-14-12-15(20)2-5-17(14)21)26-10-8-25(9-11-26)13-18(27)24-16-3-4-16;/h2,5,12,16H,3-4,6-11,13H2,1H3,(H,22,23)(H,24,27);1H. The Bertz CT molecular complexity index is 691. The summed E-state index contributed by atoms with van der Waals surface area (Å²) in [6.45, 7) is 4.02. The Morgan fingerprint density at radius 1 is 1.21 bits per heavy atom. The Morgan fingerprint density at radius 2 is 1.93 bits per heavy atom. The molecule has 0 radical (unpaired) electrons. The molecule has 0 atom stereocenters. The highest BCUT2D eigenvalue weighted by molar-refractivity contribution is 14.0. The summed E-state index contributed by atoms with van der Waals surface area (Å²) in [5.41, 5.74) is 0.351. The third kappa shape index (κ3) is 6.84. The van der Waals surface area contributed by atoms with Gasteiger partial charge >= 0.3 is 0 Å². The highest BCUT2D eigenvalue weighted by atomic mass is 127. The average Bonchev–Trinajstić information content (AvgIpc) is 3.46. The van der Waals surface area contributed by atoms with Gasteiger partial charge in [0.15, 0.2) is 5.96 Å². The van der Waals surface area contributed by atoms with Crippen LogP contribution in [0.15, 0.2) is 23.2 Å². The zero-order chi connectivity index (χ0) is 19.2. The molecule has 1 aliphatic heterocycles. The maximum absolute atomic E-state index is 13.7. The third-order valence-electron chi connectivity index (χ3n) is 4.88. The van der Waals surface area contributed by atoms with Crippen LogP contribution in [0.25, 0.3) is 0 Å². The summed E-state index contributed by atoms with van der Waals surface area (Å²) < 4.78 is 26.9. The van der Waals surface area contributed by atoms with Gasteiger partial charge in [-0.15, -0.1) is 24.0 Å². The minimum atomic E-state index is -0.433. The second-order valence-corrected chi connectivity index (χ2v) is 7.06. The lowest BCUT2D eigenvalue weighted by atomic mass is 10.1. The molecule has 6 nitrogen and oxygen atoms in total. The molecular weight excluding hydrogens is 479 g/mol. The first kappa shape index (κ1) is 22.8. The smallest absolute Gasteiger partial charge is 0.234 e. The molecule has 1 aromatic carbocycles. The van der Waals surface area contributed by atoms with Crippen LogP contribution in [0.2, 0.25) is 0 Å². The van der Waals surface area contributed by atoms with E-state index in [-0.39, 0.29) is 29.9 Å². The van der Waals surface area contributed by atoms with E-state index in [9.17, 15) is 13.6 Å². The Hall–Kier alpha value is -1.49. The number of nitrogens with one attached hydrogen (secondary N) is 2. The van der Waals surface area contributed by atoms with Crippen molar-refractivity contribution in [1.29, 1.82) is 0 Å². The highest BCUT2D eigenvalue weighted by Gasteiger charge is 2.25. The first-order valence-electron chi connectivity index (χ1n) is 9.46. The summed E-state index contributed by atoms with van der Waals surface area (Å²) in [4.78, 5) is 20.4. The van der Waals surface area contributed by atoms with Crippen LogP contribution in [0.5, 0.6) is 0 Å². The lowest BCUT2D eigenvalue weighted by molar-refractivity contribution is -0.122. The predicted molar refractivity (Wildman–Crippen MR) is 116 cm³/mol. The fourth-order valence-electron chi connectivity index (χ4n) is 3.20. The van der Waals surface area contributed by atoms with E-state index in [1.165, 1.54) is 6.07 Å². The van der Waals surface area contributed by atoms with Gasteiger partial charge in [0.2, 0.25) is 5.91 Å². The second kappa shape index (κ2) is 10.9. The molecule has 0 unspecified atom stereocenters. The Balaban J connectivity index is 0.00000280. The SMILES string of the molecule is CN=C(NCCc1cc(F)ccc1F)N1CCN(CC(=O)NC2CC2)CC1.I. The predicted octanol–water partition coefficient (Wildman–Crippen LogP) is 1.60. The third-order valence-corrected chi connectivity index (χ3v) is 4.88. The molecule has 2 N–H and O–H groups in total. The van der Waals surface area contributed by atoms with E-state index >= 15 is 0 Å². The number of hydrogen-bond acceptors (Lipinski definition) is 3. The summed E-state index contributed by atoms with van der Waals surface area (Å²) in [6.07, 6.45) is 2.58. The minimum Gasteiger partial charge on any atom is -0.356 e. The number of piperazine rings is 1. The van der Waals surface area contributed by atoms with E-state index < -0.39 is 11.6 Å². The lowest BCUT2D eigenvalue weighted by Crippen LogP contribution is -2.54. The number of carbonyl (C=O) groups is 1. The zero-order valence-electron chi connectivity index (χ0n) is 16.1. The van der Waals surface area contributed by atoms with Crippen molar-refractivity contribution in [2.45, 2.75) is 25.3 Å². The molecule has 2 aliphatic rings. The molecule has 9 heteroatoms. The van der Waals surface area contributed by atoms with E-state index in [0.29, 0.717) is 31.1 Å². The van der Waals surface area contributed by atoms with E-state index in [0.717, 1.165) is 57.1 Å². The molecule has 156 valence electrons. The fraction of sp³-hybridized carbons (Fsp3) is 0.579. The molecule has 1 amide bonds.